The molecule has 2 nitrogen and oxygen atoms in total. The van der Waals surface area contributed by atoms with Crippen molar-refractivity contribution in [2.45, 2.75) is 0 Å². The number of halogens is 3. The predicted molar refractivity (Wildman–Crippen MR) is 58.9 cm³/mol. The highest BCUT2D eigenvalue weighted by atomic mass is 127. The number of ether oxygens (including phenoxy) is 1. The lowest BCUT2D eigenvalue weighted by Crippen LogP contribution is -1.91. The van der Waals surface area contributed by atoms with Crippen molar-refractivity contribution in [2.24, 2.45) is 0 Å². The lowest BCUT2D eigenvalue weighted by atomic mass is 10.5. The second kappa shape index (κ2) is 4.04. The van der Waals surface area contributed by atoms with Crippen LogP contribution in [-0.2, 0) is 0 Å². The van der Waals surface area contributed by atoms with Gasteiger partial charge in [0, 0.05) is 0 Å². The SMILES string of the molecule is COc1nc(Br)c(Br)cc1I. The van der Waals surface area contributed by atoms with E-state index in [1.165, 1.54) is 0 Å². The maximum absolute atomic E-state index is 5.01. The lowest BCUT2D eigenvalue weighted by molar-refractivity contribution is 0.393. The van der Waals surface area contributed by atoms with Crippen LogP contribution >= 0.6 is 54.5 Å². The molecule has 1 aromatic rings. The van der Waals surface area contributed by atoms with E-state index in [0.717, 1.165) is 12.6 Å². The number of aromatic nitrogens is 1. The largest absolute Gasteiger partial charge is 0.480 e. The minimum absolute atomic E-state index is 0.640. The van der Waals surface area contributed by atoms with Crippen molar-refractivity contribution in [2.75, 3.05) is 7.11 Å². The molecule has 1 rings (SSSR count). The van der Waals surface area contributed by atoms with E-state index in [1.807, 2.05) is 6.07 Å². The van der Waals surface area contributed by atoms with Crippen molar-refractivity contribution < 1.29 is 4.74 Å². The van der Waals surface area contributed by atoms with Gasteiger partial charge in [0.2, 0.25) is 5.88 Å². The molecule has 0 aliphatic carbocycles. The average molecular weight is 393 g/mol. The topological polar surface area (TPSA) is 22.1 Å². The Kier molecular flexibility index (Phi) is 3.57. The van der Waals surface area contributed by atoms with Gasteiger partial charge in [0.25, 0.3) is 0 Å². The molecular weight excluding hydrogens is 389 g/mol. The van der Waals surface area contributed by atoms with E-state index >= 15 is 0 Å². The zero-order valence-electron chi connectivity index (χ0n) is 5.57. The van der Waals surface area contributed by atoms with Crippen molar-refractivity contribution in [1.29, 1.82) is 0 Å². The highest BCUT2D eigenvalue weighted by Crippen LogP contribution is 2.28. The Hall–Kier alpha value is 0.640. The summed E-state index contributed by atoms with van der Waals surface area (Å²) in [6, 6.07) is 1.94. The zero-order chi connectivity index (χ0) is 8.43. The first-order chi connectivity index (χ1) is 5.15. The summed E-state index contributed by atoms with van der Waals surface area (Å²) in [5, 5.41) is 0. The molecule has 11 heavy (non-hydrogen) atoms. The number of hydrogen-bond acceptors (Lipinski definition) is 2. The van der Waals surface area contributed by atoms with Gasteiger partial charge in [-0.1, -0.05) is 0 Å². The van der Waals surface area contributed by atoms with E-state index in [-0.39, 0.29) is 0 Å². The third-order valence-electron chi connectivity index (χ3n) is 1.05. The van der Waals surface area contributed by atoms with Gasteiger partial charge in [-0.15, -0.1) is 0 Å². The van der Waals surface area contributed by atoms with Crippen LogP contribution in [0.2, 0.25) is 0 Å². The van der Waals surface area contributed by atoms with Crippen molar-refractivity contribution >= 4 is 54.5 Å². The fourth-order valence-electron chi connectivity index (χ4n) is 0.572. The molecule has 0 bridgehead atoms. The van der Waals surface area contributed by atoms with Gasteiger partial charge in [-0.05, 0) is 60.5 Å². The summed E-state index contributed by atoms with van der Waals surface area (Å²) in [5.74, 6) is 0.640. The molecule has 1 aromatic heterocycles. The molecule has 1 heterocycles. The second-order valence-electron chi connectivity index (χ2n) is 1.75. The average Bonchev–Trinajstić information content (AvgIpc) is 1.97. The molecule has 0 unspecified atom stereocenters. The van der Waals surface area contributed by atoms with Crippen molar-refractivity contribution in [3.05, 3.63) is 18.7 Å². The van der Waals surface area contributed by atoms with Crippen molar-refractivity contribution in [1.82, 2.24) is 4.98 Å². The summed E-state index contributed by atoms with van der Waals surface area (Å²) in [4.78, 5) is 4.13. The first-order valence-corrected chi connectivity index (χ1v) is 5.37. The maximum Gasteiger partial charge on any atom is 0.227 e. The number of nitrogens with zero attached hydrogens (tertiary/aromatic N) is 1. The molecule has 0 N–H and O–H groups in total. The van der Waals surface area contributed by atoms with Crippen LogP contribution in [0.1, 0.15) is 0 Å². The van der Waals surface area contributed by atoms with Crippen LogP contribution in [0.5, 0.6) is 5.88 Å². The molecule has 0 atom stereocenters. The van der Waals surface area contributed by atoms with Gasteiger partial charge in [-0.25, -0.2) is 4.98 Å². The molecule has 0 saturated carbocycles. The number of pyridine rings is 1. The van der Waals surface area contributed by atoms with Gasteiger partial charge in [-0.2, -0.15) is 0 Å². The van der Waals surface area contributed by atoms with Gasteiger partial charge in [-0.3, -0.25) is 0 Å². The molecule has 0 amide bonds. The second-order valence-corrected chi connectivity index (χ2v) is 4.52. The smallest absolute Gasteiger partial charge is 0.227 e. The van der Waals surface area contributed by atoms with E-state index in [9.17, 15) is 0 Å². The third kappa shape index (κ3) is 2.29. The standard InChI is InChI=1S/C6H4Br2INO/c1-11-6-4(9)2-3(7)5(8)10-6/h2H,1H3. The van der Waals surface area contributed by atoms with Gasteiger partial charge in [0.05, 0.1) is 15.2 Å². The molecule has 0 spiro atoms. The first-order valence-electron chi connectivity index (χ1n) is 2.70. The first kappa shape index (κ1) is 9.73. The molecule has 0 aromatic carbocycles. The molecular formula is C6H4Br2INO. The summed E-state index contributed by atoms with van der Waals surface area (Å²) >= 11 is 8.78. The van der Waals surface area contributed by atoms with Crippen molar-refractivity contribution in [3.63, 3.8) is 0 Å². The lowest BCUT2D eigenvalue weighted by Gasteiger charge is -2.02. The summed E-state index contributed by atoms with van der Waals surface area (Å²) < 4.78 is 7.69. The highest BCUT2D eigenvalue weighted by molar-refractivity contribution is 14.1. The Morgan fingerprint density at radius 3 is 2.73 bits per heavy atom. The molecule has 0 saturated heterocycles. The minimum Gasteiger partial charge on any atom is -0.480 e. The van der Waals surface area contributed by atoms with Crippen LogP contribution in [0.15, 0.2) is 15.1 Å². The maximum atomic E-state index is 5.01. The van der Waals surface area contributed by atoms with Crippen LogP contribution in [0.25, 0.3) is 0 Å². The minimum atomic E-state index is 0.640. The Labute approximate surface area is 95.1 Å². The van der Waals surface area contributed by atoms with E-state index in [4.69, 9.17) is 4.74 Å². The molecule has 0 aliphatic rings. The van der Waals surface area contributed by atoms with E-state index in [0.29, 0.717) is 5.88 Å². The van der Waals surface area contributed by atoms with Gasteiger partial charge < -0.3 is 4.74 Å². The summed E-state index contributed by atoms with van der Waals surface area (Å²) in [7, 11) is 1.60. The summed E-state index contributed by atoms with van der Waals surface area (Å²) in [5.41, 5.74) is 0. The van der Waals surface area contributed by atoms with Crippen LogP contribution in [0.4, 0.5) is 0 Å². The van der Waals surface area contributed by atoms with Crippen molar-refractivity contribution in [3.8, 4) is 5.88 Å². The highest BCUT2D eigenvalue weighted by Gasteiger charge is 2.05. The number of methoxy groups -OCH3 is 1. The van der Waals surface area contributed by atoms with Gasteiger partial charge >= 0.3 is 0 Å². The Bertz CT molecular complexity index is 280. The molecule has 5 heteroatoms. The molecule has 0 fully saturated rings. The van der Waals surface area contributed by atoms with E-state index in [1.54, 1.807) is 7.11 Å². The zero-order valence-corrected chi connectivity index (χ0v) is 10.9. The number of hydrogen-bond donors (Lipinski definition) is 0. The fraction of sp³-hybridized carbons (Fsp3) is 0.167. The monoisotopic (exact) mass is 391 g/mol. The summed E-state index contributed by atoms with van der Waals surface area (Å²) in [6.45, 7) is 0. The molecule has 0 radical (unpaired) electrons. The van der Waals surface area contributed by atoms with E-state index < -0.39 is 0 Å². The summed E-state index contributed by atoms with van der Waals surface area (Å²) in [6.07, 6.45) is 0. The van der Waals surface area contributed by atoms with Crippen LogP contribution < -0.4 is 4.74 Å². The Balaban J connectivity index is 3.21. The number of rotatable bonds is 1. The molecule has 60 valence electrons. The predicted octanol–water partition coefficient (Wildman–Crippen LogP) is 3.22. The van der Waals surface area contributed by atoms with Crippen LogP contribution in [0, 0.1) is 3.57 Å². The van der Waals surface area contributed by atoms with Gasteiger partial charge in [0.1, 0.15) is 4.60 Å². The quantitative estimate of drug-likeness (QED) is 0.541. The van der Waals surface area contributed by atoms with Crippen LogP contribution in [-0.4, -0.2) is 12.1 Å². The van der Waals surface area contributed by atoms with Crippen LogP contribution in [0.3, 0.4) is 0 Å². The third-order valence-corrected chi connectivity index (χ3v) is 3.56. The Morgan fingerprint density at radius 1 is 1.55 bits per heavy atom. The van der Waals surface area contributed by atoms with E-state index in [2.05, 4.69) is 59.4 Å². The Morgan fingerprint density at radius 2 is 2.18 bits per heavy atom. The fourth-order valence-corrected chi connectivity index (χ4v) is 2.24. The van der Waals surface area contributed by atoms with Gasteiger partial charge in [0.15, 0.2) is 0 Å². The molecule has 0 aliphatic heterocycles. The normalized spacial score (nSPS) is 9.82.